The van der Waals surface area contributed by atoms with Crippen LogP contribution in [0, 0.1) is 0 Å². The number of rotatable bonds is 3. The minimum absolute atomic E-state index is 0.289. The molecule has 0 aliphatic heterocycles. The lowest BCUT2D eigenvalue weighted by Gasteiger charge is -2.42. The molecule has 3 N–H and O–H groups in total. The van der Waals surface area contributed by atoms with E-state index >= 15 is 0 Å². The van der Waals surface area contributed by atoms with E-state index in [1.807, 2.05) is 0 Å². The molecule has 0 unspecified atom stereocenters. The van der Waals surface area contributed by atoms with Gasteiger partial charge in [-0.25, -0.2) is 0 Å². The second-order valence-corrected chi connectivity index (χ2v) is 4.33. The molecule has 3 nitrogen and oxygen atoms in total. The normalized spacial score (nSPS) is 19.5. The van der Waals surface area contributed by atoms with Crippen molar-refractivity contribution in [1.82, 2.24) is 10.2 Å². The molecule has 1 aromatic heterocycles. The van der Waals surface area contributed by atoms with E-state index in [0.29, 0.717) is 13.0 Å². The maximum atomic E-state index is 12.7. The van der Waals surface area contributed by atoms with Gasteiger partial charge in [0.2, 0.25) is 0 Å². The summed E-state index contributed by atoms with van der Waals surface area (Å²) in [7, 11) is 0. The van der Waals surface area contributed by atoms with Gasteiger partial charge in [0, 0.05) is 11.0 Å². The molecule has 1 aromatic rings. The largest absolute Gasteiger partial charge is 0.433 e. The summed E-state index contributed by atoms with van der Waals surface area (Å²) in [4.78, 5) is 0. The first-order chi connectivity index (χ1) is 7.49. The second kappa shape index (κ2) is 3.76. The van der Waals surface area contributed by atoms with Crippen LogP contribution in [0.4, 0.5) is 13.2 Å². The van der Waals surface area contributed by atoms with Gasteiger partial charge in [-0.3, -0.25) is 5.10 Å². The molecule has 0 bridgehead atoms. The van der Waals surface area contributed by atoms with Crippen LogP contribution < -0.4 is 5.73 Å². The van der Waals surface area contributed by atoms with Gasteiger partial charge in [0.1, 0.15) is 5.69 Å². The molecule has 0 spiro atoms. The number of aromatic nitrogens is 2. The molecule has 0 saturated heterocycles. The van der Waals surface area contributed by atoms with Gasteiger partial charge in [0.05, 0.1) is 6.20 Å². The van der Waals surface area contributed by atoms with E-state index in [4.69, 9.17) is 5.73 Å². The fourth-order valence-corrected chi connectivity index (χ4v) is 2.44. The number of alkyl halides is 3. The molecule has 16 heavy (non-hydrogen) atoms. The first-order valence-electron chi connectivity index (χ1n) is 5.31. The number of nitrogens with two attached hydrogens (primary N) is 1. The van der Waals surface area contributed by atoms with Crippen molar-refractivity contribution in [3.8, 4) is 0 Å². The SMILES string of the molecule is NCCC1(c2cn[nH]c2C(F)(F)F)CCC1. The molecule has 1 aliphatic rings. The molecule has 0 amide bonds. The van der Waals surface area contributed by atoms with Crippen LogP contribution in [0.25, 0.3) is 0 Å². The van der Waals surface area contributed by atoms with Crippen LogP contribution in [0.3, 0.4) is 0 Å². The number of halogens is 3. The minimum Gasteiger partial charge on any atom is -0.330 e. The van der Waals surface area contributed by atoms with E-state index < -0.39 is 17.3 Å². The van der Waals surface area contributed by atoms with Crippen molar-refractivity contribution < 1.29 is 13.2 Å². The molecule has 6 heteroatoms. The van der Waals surface area contributed by atoms with Crippen molar-refractivity contribution in [2.75, 3.05) is 6.54 Å². The molecule has 1 aliphatic carbocycles. The highest BCUT2D eigenvalue weighted by atomic mass is 19.4. The molecule has 2 rings (SSSR count). The van der Waals surface area contributed by atoms with Gasteiger partial charge in [-0.05, 0) is 25.8 Å². The number of aromatic amines is 1. The predicted octanol–water partition coefficient (Wildman–Crippen LogP) is 2.20. The van der Waals surface area contributed by atoms with Crippen LogP contribution in [0.5, 0.6) is 0 Å². The minimum atomic E-state index is -4.36. The lowest BCUT2D eigenvalue weighted by atomic mass is 9.62. The van der Waals surface area contributed by atoms with E-state index in [1.165, 1.54) is 6.20 Å². The summed E-state index contributed by atoms with van der Waals surface area (Å²) in [5, 5.41) is 5.60. The van der Waals surface area contributed by atoms with Gasteiger partial charge in [-0.15, -0.1) is 0 Å². The highest BCUT2D eigenvalue weighted by molar-refractivity contribution is 5.31. The smallest absolute Gasteiger partial charge is 0.330 e. The summed E-state index contributed by atoms with van der Waals surface area (Å²) in [5.41, 5.74) is 4.66. The third-order valence-electron chi connectivity index (χ3n) is 3.43. The quantitative estimate of drug-likeness (QED) is 0.840. The summed E-state index contributed by atoms with van der Waals surface area (Å²) in [5.74, 6) is 0. The van der Waals surface area contributed by atoms with Gasteiger partial charge in [0.25, 0.3) is 0 Å². The summed E-state index contributed by atoms with van der Waals surface area (Å²) in [6.07, 6.45) is 0.0401. The lowest BCUT2D eigenvalue weighted by Crippen LogP contribution is -2.37. The van der Waals surface area contributed by atoms with Crippen molar-refractivity contribution in [1.29, 1.82) is 0 Å². The van der Waals surface area contributed by atoms with Crippen LogP contribution in [0.2, 0.25) is 0 Å². The van der Waals surface area contributed by atoms with Gasteiger partial charge >= 0.3 is 6.18 Å². The second-order valence-electron chi connectivity index (χ2n) is 4.33. The summed E-state index contributed by atoms with van der Waals surface area (Å²) in [6, 6.07) is 0. The number of nitrogens with one attached hydrogen (secondary N) is 1. The van der Waals surface area contributed by atoms with E-state index in [-0.39, 0.29) is 5.56 Å². The van der Waals surface area contributed by atoms with Crippen molar-refractivity contribution in [2.24, 2.45) is 5.73 Å². The third-order valence-corrected chi connectivity index (χ3v) is 3.43. The molecular formula is C10H14F3N3. The number of nitrogens with zero attached hydrogens (tertiary/aromatic N) is 1. The van der Waals surface area contributed by atoms with Crippen molar-refractivity contribution >= 4 is 0 Å². The van der Waals surface area contributed by atoms with E-state index in [2.05, 4.69) is 10.2 Å². The number of H-pyrrole nitrogens is 1. The molecule has 0 aromatic carbocycles. The fraction of sp³-hybridized carbons (Fsp3) is 0.700. The average molecular weight is 233 g/mol. The van der Waals surface area contributed by atoms with E-state index in [1.54, 1.807) is 0 Å². The zero-order chi connectivity index (χ0) is 11.8. The third kappa shape index (κ3) is 1.71. The Labute approximate surface area is 91.2 Å². The van der Waals surface area contributed by atoms with Gasteiger partial charge in [0.15, 0.2) is 0 Å². The predicted molar refractivity (Wildman–Crippen MR) is 52.8 cm³/mol. The van der Waals surface area contributed by atoms with E-state index in [0.717, 1.165) is 19.3 Å². The van der Waals surface area contributed by atoms with Crippen LogP contribution in [0.15, 0.2) is 6.20 Å². The standard InChI is InChI=1S/C10H14F3N3/c11-10(12,13)8-7(6-15-16-8)9(4-5-14)2-1-3-9/h6H,1-5,14H2,(H,15,16). The molecule has 1 heterocycles. The van der Waals surface area contributed by atoms with Crippen LogP contribution in [-0.2, 0) is 11.6 Å². The fourth-order valence-electron chi connectivity index (χ4n) is 2.44. The van der Waals surface area contributed by atoms with Crippen LogP contribution >= 0.6 is 0 Å². The first kappa shape index (κ1) is 11.4. The monoisotopic (exact) mass is 233 g/mol. The molecule has 0 atom stereocenters. The highest BCUT2D eigenvalue weighted by Crippen LogP contribution is 2.49. The Morgan fingerprint density at radius 3 is 2.56 bits per heavy atom. The summed E-state index contributed by atoms with van der Waals surface area (Å²) in [6.45, 7) is 0.405. The zero-order valence-electron chi connectivity index (χ0n) is 8.77. The Bertz CT molecular complexity index is 366. The molecule has 1 saturated carbocycles. The Kier molecular flexibility index (Phi) is 2.69. The zero-order valence-corrected chi connectivity index (χ0v) is 8.77. The molecule has 90 valence electrons. The topological polar surface area (TPSA) is 54.7 Å². The Morgan fingerprint density at radius 1 is 1.44 bits per heavy atom. The number of hydrogen-bond donors (Lipinski definition) is 2. The van der Waals surface area contributed by atoms with Crippen molar-refractivity contribution in [3.05, 3.63) is 17.5 Å². The summed E-state index contributed by atoms with van der Waals surface area (Å²) < 4.78 is 38.1. The molecule has 0 radical (unpaired) electrons. The Hall–Kier alpha value is -1.04. The van der Waals surface area contributed by atoms with Crippen molar-refractivity contribution in [3.63, 3.8) is 0 Å². The van der Waals surface area contributed by atoms with Crippen molar-refractivity contribution in [2.45, 2.75) is 37.3 Å². The maximum absolute atomic E-state index is 12.7. The maximum Gasteiger partial charge on any atom is 0.433 e. The molecular weight excluding hydrogens is 219 g/mol. The summed E-state index contributed by atoms with van der Waals surface area (Å²) >= 11 is 0. The lowest BCUT2D eigenvalue weighted by molar-refractivity contribution is -0.142. The van der Waals surface area contributed by atoms with Crippen LogP contribution in [0.1, 0.15) is 36.9 Å². The van der Waals surface area contributed by atoms with Gasteiger partial charge < -0.3 is 5.73 Å². The Balaban J connectivity index is 2.36. The van der Waals surface area contributed by atoms with Gasteiger partial charge in [-0.1, -0.05) is 6.42 Å². The molecule has 1 fully saturated rings. The first-order valence-corrected chi connectivity index (χ1v) is 5.31. The van der Waals surface area contributed by atoms with Gasteiger partial charge in [-0.2, -0.15) is 18.3 Å². The highest BCUT2D eigenvalue weighted by Gasteiger charge is 2.46. The Morgan fingerprint density at radius 2 is 2.12 bits per heavy atom. The van der Waals surface area contributed by atoms with E-state index in [9.17, 15) is 13.2 Å². The average Bonchev–Trinajstić information content (AvgIpc) is 2.58. The van der Waals surface area contributed by atoms with Crippen LogP contribution in [-0.4, -0.2) is 16.7 Å². The number of hydrogen-bond acceptors (Lipinski definition) is 2.